The number of amides is 2. The minimum Gasteiger partial charge on any atom is -0.480 e. The van der Waals surface area contributed by atoms with E-state index in [2.05, 4.69) is 5.32 Å². The number of rotatable bonds is 4. The lowest BCUT2D eigenvalue weighted by Gasteiger charge is -2.28. The van der Waals surface area contributed by atoms with Gasteiger partial charge in [-0.1, -0.05) is 6.92 Å². The predicted molar refractivity (Wildman–Crippen MR) is 69.7 cm³/mol. The second kappa shape index (κ2) is 6.23. The summed E-state index contributed by atoms with van der Waals surface area (Å²) in [6.45, 7) is 1.69. The van der Waals surface area contributed by atoms with Crippen molar-refractivity contribution in [3.05, 3.63) is 0 Å². The third-order valence-electron chi connectivity index (χ3n) is 3.34. The number of carbonyl (C=O) groups excluding carboxylic acids is 1. The molecule has 0 spiro atoms. The second-order valence-corrected chi connectivity index (χ2v) is 7.05. The number of nitrogens with one attached hydrogen (secondary N) is 1. The van der Waals surface area contributed by atoms with Crippen LogP contribution in [-0.4, -0.2) is 61.1 Å². The second-order valence-electron chi connectivity index (χ2n) is 4.75. The molecule has 1 saturated heterocycles. The highest BCUT2D eigenvalue weighted by atomic mass is 32.2. The molecule has 1 rings (SSSR count). The molecule has 8 heteroatoms. The van der Waals surface area contributed by atoms with Gasteiger partial charge in [0.25, 0.3) is 0 Å². The molecule has 7 nitrogen and oxygen atoms in total. The van der Waals surface area contributed by atoms with Crippen molar-refractivity contribution in [1.82, 2.24) is 10.2 Å². The van der Waals surface area contributed by atoms with Crippen LogP contribution in [0.15, 0.2) is 0 Å². The van der Waals surface area contributed by atoms with Gasteiger partial charge in [-0.25, -0.2) is 18.0 Å². The largest absolute Gasteiger partial charge is 0.480 e. The molecular weight excluding hydrogens is 272 g/mol. The number of carbonyl (C=O) groups is 2. The number of hydrogen-bond acceptors (Lipinski definition) is 4. The van der Waals surface area contributed by atoms with Gasteiger partial charge in [0.1, 0.15) is 15.9 Å². The van der Waals surface area contributed by atoms with Gasteiger partial charge in [0.15, 0.2) is 0 Å². The van der Waals surface area contributed by atoms with Crippen molar-refractivity contribution in [2.45, 2.75) is 38.3 Å². The Hall–Kier alpha value is -1.31. The van der Waals surface area contributed by atoms with Gasteiger partial charge in [-0.05, 0) is 19.3 Å². The highest BCUT2D eigenvalue weighted by Gasteiger charge is 2.29. The van der Waals surface area contributed by atoms with Crippen LogP contribution in [0.4, 0.5) is 4.79 Å². The van der Waals surface area contributed by atoms with E-state index in [4.69, 9.17) is 5.11 Å². The molecule has 1 fully saturated rings. The summed E-state index contributed by atoms with van der Waals surface area (Å²) >= 11 is 0. The number of carboxylic acids is 1. The zero-order chi connectivity index (χ0) is 14.6. The number of urea groups is 1. The Bertz CT molecular complexity index is 434. The molecule has 2 amide bonds. The molecular formula is C11H20N2O5S. The van der Waals surface area contributed by atoms with Crippen molar-refractivity contribution < 1.29 is 23.1 Å². The fourth-order valence-corrected chi connectivity index (χ4v) is 3.56. The molecule has 2 N–H and O–H groups in total. The van der Waals surface area contributed by atoms with Crippen LogP contribution in [-0.2, 0) is 14.6 Å². The minimum absolute atomic E-state index is 0.0673. The normalized spacial score (nSPS) is 20.5. The lowest BCUT2D eigenvalue weighted by molar-refractivity contribution is -0.141. The first-order valence-electron chi connectivity index (χ1n) is 6.23. The smallest absolute Gasteiger partial charge is 0.326 e. The third-order valence-corrected chi connectivity index (χ3v) is 5.06. The van der Waals surface area contributed by atoms with E-state index >= 15 is 0 Å². The van der Waals surface area contributed by atoms with Gasteiger partial charge in [0.05, 0.1) is 11.5 Å². The number of hydrogen-bond donors (Lipinski definition) is 2. The van der Waals surface area contributed by atoms with E-state index < -0.39 is 27.9 Å². The van der Waals surface area contributed by atoms with Crippen LogP contribution in [0.1, 0.15) is 26.2 Å². The quantitative estimate of drug-likeness (QED) is 0.763. The summed E-state index contributed by atoms with van der Waals surface area (Å²) in [5.41, 5.74) is 0. The molecule has 0 aromatic carbocycles. The molecule has 1 unspecified atom stereocenters. The average Bonchev–Trinajstić information content (AvgIpc) is 2.32. The number of likely N-dealkylation sites (N-methyl/N-ethyl adjacent to an activating group) is 1. The standard InChI is InChI=1S/C11H20N2O5S/c1-3-9(10(14)15)13(2)11(16)12-8-4-6-19(17,18)7-5-8/h8-9H,3-7H2,1-2H3,(H,12,16)(H,14,15). The Labute approximate surface area is 112 Å². The van der Waals surface area contributed by atoms with Crippen molar-refractivity contribution in [1.29, 1.82) is 0 Å². The van der Waals surface area contributed by atoms with E-state index in [0.29, 0.717) is 19.3 Å². The number of carboxylic acid groups (broad SMARTS) is 1. The summed E-state index contributed by atoms with van der Waals surface area (Å²) in [7, 11) is -1.54. The van der Waals surface area contributed by atoms with Gasteiger partial charge in [0, 0.05) is 13.1 Å². The van der Waals surface area contributed by atoms with Crippen molar-refractivity contribution in [2.24, 2.45) is 0 Å². The predicted octanol–water partition coefficient (Wildman–Crippen LogP) is 0.0682. The Morgan fingerprint density at radius 1 is 1.37 bits per heavy atom. The van der Waals surface area contributed by atoms with Gasteiger partial charge in [-0.2, -0.15) is 0 Å². The topological polar surface area (TPSA) is 104 Å². The summed E-state index contributed by atoms with van der Waals surface area (Å²) in [4.78, 5) is 24.0. The Balaban J connectivity index is 2.53. The first kappa shape index (κ1) is 15.7. The number of nitrogens with zero attached hydrogens (tertiary/aromatic N) is 1. The van der Waals surface area contributed by atoms with Crippen LogP contribution in [0.5, 0.6) is 0 Å². The maximum absolute atomic E-state index is 11.9. The van der Waals surface area contributed by atoms with Crippen molar-refractivity contribution in [3.8, 4) is 0 Å². The van der Waals surface area contributed by atoms with Crippen molar-refractivity contribution in [2.75, 3.05) is 18.6 Å². The van der Waals surface area contributed by atoms with Gasteiger partial charge in [-0.3, -0.25) is 0 Å². The Morgan fingerprint density at radius 2 is 1.89 bits per heavy atom. The number of sulfone groups is 1. The molecule has 0 bridgehead atoms. The maximum atomic E-state index is 11.9. The summed E-state index contributed by atoms with van der Waals surface area (Å²) in [6.07, 6.45) is 1.08. The van der Waals surface area contributed by atoms with E-state index in [0.717, 1.165) is 4.90 Å². The highest BCUT2D eigenvalue weighted by Crippen LogP contribution is 2.13. The fourth-order valence-electron chi connectivity index (χ4n) is 2.07. The first-order chi connectivity index (χ1) is 8.76. The molecule has 1 aliphatic heterocycles. The summed E-state index contributed by atoms with van der Waals surface area (Å²) in [6, 6.07) is -1.55. The molecule has 19 heavy (non-hydrogen) atoms. The zero-order valence-electron chi connectivity index (χ0n) is 11.1. The van der Waals surface area contributed by atoms with Gasteiger partial charge in [0.2, 0.25) is 0 Å². The lowest BCUT2D eigenvalue weighted by atomic mass is 10.1. The molecule has 0 radical (unpaired) electrons. The maximum Gasteiger partial charge on any atom is 0.326 e. The lowest BCUT2D eigenvalue weighted by Crippen LogP contribution is -2.51. The van der Waals surface area contributed by atoms with E-state index in [1.807, 2.05) is 0 Å². The molecule has 0 aliphatic carbocycles. The van der Waals surface area contributed by atoms with Crippen molar-refractivity contribution in [3.63, 3.8) is 0 Å². The number of aliphatic carboxylic acids is 1. The van der Waals surface area contributed by atoms with E-state index in [9.17, 15) is 18.0 Å². The van der Waals surface area contributed by atoms with Crippen LogP contribution < -0.4 is 5.32 Å². The molecule has 1 heterocycles. The molecule has 0 aromatic heterocycles. The average molecular weight is 292 g/mol. The molecule has 0 saturated carbocycles. The van der Waals surface area contributed by atoms with E-state index in [-0.39, 0.29) is 17.5 Å². The first-order valence-corrected chi connectivity index (χ1v) is 8.05. The van der Waals surface area contributed by atoms with Crippen LogP contribution in [0.25, 0.3) is 0 Å². The van der Waals surface area contributed by atoms with Crippen LogP contribution in [0.2, 0.25) is 0 Å². The fraction of sp³-hybridized carbons (Fsp3) is 0.818. The Morgan fingerprint density at radius 3 is 2.32 bits per heavy atom. The van der Waals surface area contributed by atoms with Crippen LogP contribution in [0, 0.1) is 0 Å². The van der Waals surface area contributed by atoms with E-state index in [1.165, 1.54) is 7.05 Å². The van der Waals surface area contributed by atoms with Crippen LogP contribution in [0.3, 0.4) is 0 Å². The zero-order valence-corrected chi connectivity index (χ0v) is 11.9. The SMILES string of the molecule is CCC(C(=O)O)N(C)C(=O)NC1CCS(=O)(=O)CC1. The van der Waals surface area contributed by atoms with Crippen molar-refractivity contribution >= 4 is 21.8 Å². The van der Waals surface area contributed by atoms with E-state index in [1.54, 1.807) is 6.92 Å². The van der Waals surface area contributed by atoms with Crippen LogP contribution >= 0.6 is 0 Å². The minimum atomic E-state index is -2.97. The van der Waals surface area contributed by atoms with Gasteiger partial charge < -0.3 is 15.3 Å². The molecule has 1 atom stereocenters. The summed E-state index contributed by atoms with van der Waals surface area (Å²) < 4.78 is 22.5. The molecule has 1 aliphatic rings. The third kappa shape index (κ3) is 4.38. The Kier molecular flexibility index (Phi) is 5.16. The molecule has 110 valence electrons. The van der Waals surface area contributed by atoms with Gasteiger partial charge >= 0.3 is 12.0 Å². The monoisotopic (exact) mass is 292 g/mol. The highest BCUT2D eigenvalue weighted by molar-refractivity contribution is 7.91. The summed E-state index contributed by atoms with van der Waals surface area (Å²) in [5.74, 6) is -0.915. The van der Waals surface area contributed by atoms with Gasteiger partial charge in [-0.15, -0.1) is 0 Å². The molecule has 0 aromatic rings. The summed E-state index contributed by atoms with van der Waals surface area (Å²) in [5, 5.41) is 11.7.